The van der Waals surface area contributed by atoms with Crippen molar-refractivity contribution in [2.45, 2.75) is 21.3 Å². The van der Waals surface area contributed by atoms with Crippen molar-refractivity contribution >= 4 is 11.3 Å². The quantitative estimate of drug-likeness (QED) is 0.633. The lowest BCUT2D eigenvalue weighted by molar-refractivity contribution is 1.48. The maximum Gasteiger partial charge on any atom is 0.0345 e. The van der Waals surface area contributed by atoms with Crippen LogP contribution in [0.2, 0.25) is 0 Å². The predicted octanol–water partition coefficient (Wildman–Crippen LogP) is 4.67. The Morgan fingerprint density at radius 3 is 2.36 bits per heavy atom. The van der Waals surface area contributed by atoms with E-state index in [4.69, 9.17) is 0 Å². The van der Waals surface area contributed by atoms with Crippen LogP contribution in [0.5, 0.6) is 0 Å². The van der Waals surface area contributed by atoms with Crippen molar-refractivity contribution in [3.05, 3.63) is 46.8 Å². The van der Waals surface area contributed by atoms with Gasteiger partial charge in [0.25, 0.3) is 0 Å². The molecule has 0 aliphatic rings. The second-order valence-electron chi connectivity index (χ2n) is 3.28. The molecule has 74 valence electrons. The van der Waals surface area contributed by atoms with Gasteiger partial charge in [-0.25, -0.2) is 0 Å². The highest BCUT2D eigenvalue weighted by molar-refractivity contribution is 7.15. The molecular formula is C13H16S. The minimum absolute atomic E-state index is 0. The first-order chi connectivity index (χ1) is 6.25. The maximum atomic E-state index is 2.23. The van der Waals surface area contributed by atoms with E-state index in [1.807, 2.05) is 11.3 Å². The first-order valence-corrected chi connectivity index (χ1v) is 5.21. The summed E-state index contributed by atoms with van der Waals surface area (Å²) in [6.45, 7) is 4.27. The highest BCUT2D eigenvalue weighted by atomic mass is 32.1. The first kappa shape index (κ1) is 11.0. The molecule has 0 aliphatic heterocycles. The second kappa shape index (κ2) is 4.43. The third-order valence-corrected chi connectivity index (χ3v) is 3.09. The van der Waals surface area contributed by atoms with Gasteiger partial charge in [-0.3, -0.25) is 0 Å². The molecule has 0 spiro atoms. The lowest BCUT2D eigenvalue weighted by Gasteiger charge is -1.97. The largest absolute Gasteiger partial charge is 0.141 e. The van der Waals surface area contributed by atoms with E-state index in [0.717, 1.165) is 0 Å². The lowest BCUT2D eigenvalue weighted by Crippen LogP contribution is -1.73. The highest BCUT2D eigenvalue weighted by Gasteiger charge is 1.99. The molecule has 0 amide bonds. The standard InChI is InChI=1S/C12H12S.CH4/c1-9-4-3-5-11(8-9)12-7-6-10(2)13-12;/h3-8H,1-2H3;1H4. The number of benzene rings is 1. The summed E-state index contributed by atoms with van der Waals surface area (Å²) < 4.78 is 0. The fourth-order valence-corrected chi connectivity index (χ4v) is 2.25. The monoisotopic (exact) mass is 204 g/mol. The first-order valence-electron chi connectivity index (χ1n) is 4.39. The molecule has 2 rings (SSSR count). The Labute approximate surface area is 90.2 Å². The maximum absolute atomic E-state index is 2.23. The molecule has 0 saturated heterocycles. The van der Waals surface area contributed by atoms with Crippen LogP contribution in [0.25, 0.3) is 10.4 Å². The van der Waals surface area contributed by atoms with Crippen molar-refractivity contribution in [3.8, 4) is 10.4 Å². The molecule has 0 nitrogen and oxygen atoms in total. The van der Waals surface area contributed by atoms with Crippen molar-refractivity contribution < 1.29 is 0 Å². The van der Waals surface area contributed by atoms with Crippen molar-refractivity contribution in [2.75, 3.05) is 0 Å². The number of hydrogen-bond acceptors (Lipinski definition) is 1. The van der Waals surface area contributed by atoms with E-state index in [2.05, 4.69) is 50.2 Å². The van der Waals surface area contributed by atoms with Crippen LogP contribution in [0.15, 0.2) is 36.4 Å². The zero-order valence-corrected chi connectivity index (χ0v) is 8.69. The van der Waals surface area contributed by atoms with Gasteiger partial charge in [0.2, 0.25) is 0 Å². The molecule has 0 N–H and O–H groups in total. The molecule has 0 radical (unpaired) electrons. The molecule has 14 heavy (non-hydrogen) atoms. The van der Waals surface area contributed by atoms with Crippen molar-refractivity contribution in [1.29, 1.82) is 0 Å². The van der Waals surface area contributed by atoms with Gasteiger partial charge in [-0.15, -0.1) is 11.3 Å². The molecule has 1 aromatic heterocycles. The van der Waals surface area contributed by atoms with Crippen LogP contribution in [0.1, 0.15) is 17.9 Å². The van der Waals surface area contributed by atoms with E-state index in [9.17, 15) is 0 Å². The van der Waals surface area contributed by atoms with E-state index in [1.54, 1.807) is 0 Å². The van der Waals surface area contributed by atoms with Crippen LogP contribution in [0.3, 0.4) is 0 Å². The average Bonchev–Trinajstić information content (AvgIpc) is 2.52. The molecule has 1 heteroatoms. The minimum atomic E-state index is 0. The fraction of sp³-hybridized carbons (Fsp3) is 0.231. The summed E-state index contributed by atoms with van der Waals surface area (Å²) in [6.07, 6.45) is 0. The van der Waals surface area contributed by atoms with Gasteiger partial charge in [-0.1, -0.05) is 37.3 Å². The van der Waals surface area contributed by atoms with Gasteiger partial charge >= 0.3 is 0 Å². The Balaban J connectivity index is 0.000000980. The van der Waals surface area contributed by atoms with E-state index in [-0.39, 0.29) is 7.43 Å². The Kier molecular flexibility index (Phi) is 3.48. The minimum Gasteiger partial charge on any atom is -0.141 e. The van der Waals surface area contributed by atoms with Gasteiger partial charge in [0.15, 0.2) is 0 Å². The average molecular weight is 204 g/mol. The van der Waals surface area contributed by atoms with Crippen LogP contribution < -0.4 is 0 Å². The summed E-state index contributed by atoms with van der Waals surface area (Å²) in [5, 5.41) is 0. The lowest BCUT2D eigenvalue weighted by atomic mass is 10.1. The van der Waals surface area contributed by atoms with Gasteiger partial charge in [-0.2, -0.15) is 0 Å². The molecular weight excluding hydrogens is 188 g/mol. The molecule has 0 bridgehead atoms. The number of aryl methyl sites for hydroxylation is 2. The van der Waals surface area contributed by atoms with Gasteiger partial charge in [0, 0.05) is 9.75 Å². The fourth-order valence-electron chi connectivity index (χ4n) is 1.39. The molecule has 0 saturated carbocycles. The SMILES string of the molecule is C.Cc1cccc(-c2ccc(C)s2)c1. The van der Waals surface area contributed by atoms with Gasteiger partial charge < -0.3 is 0 Å². The Bertz CT molecular complexity index is 413. The highest BCUT2D eigenvalue weighted by Crippen LogP contribution is 2.27. The molecule has 2 aromatic rings. The Morgan fingerprint density at radius 1 is 1.00 bits per heavy atom. The molecule has 0 unspecified atom stereocenters. The summed E-state index contributed by atoms with van der Waals surface area (Å²) >= 11 is 1.85. The van der Waals surface area contributed by atoms with Crippen LogP contribution >= 0.6 is 11.3 Å². The van der Waals surface area contributed by atoms with E-state index in [1.165, 1.54) is 20.9 Å². The van der Waals surface area contributed by atoms with Gasteiger partial charge in [0.1, 0.15) is 0 Å². The summed E-state index contributed by atoms with van der Waals surface area (Å²) in [4.78, 5) is 2.73. The normalized spacial score (nSPS) is 9.57. The molecule has 0 aliphatic carbocycles. The third-order valence-electron chi connectivity index (χ3n) is 2.04. The summed E-state index contributed by atoms with van der Waals surface area (Å²) in [7, 11) is 0. The zero-order chi connectivity index (χ0) is 9.26. The summed E-state index contributed by atoms with van der Waals surface area (Å²) in [5.41, 5.74) is 2.65. The Morgan fingerprint density at radius 2 is 1.79 bits per heavy atom. The number of hydrogen-bond donors (Lipinski definition) is 0. The zero-order valence-electron chi connectivity index (χ0n) is 7.87. The van der Waals surface area contributed by atoms with E-state index < -0.39 is 0 Å². The Hall–Kier alpha value is -1.08. The van der Waals surface area contributed by atoms with E-state index in [0.29, 0.717) is 0 Å². The number of rotatable bonds is 1. The second-order valence-corrected chi connectivity index (χ2v) is 4.57. The molecule has 1 heterocycles. The van der Waals surface area contributed by atoms with Crippen LogP contribution in [-0.2, 0) is 0 Å². The predicted molar refractivity (Wildman–Crippen MR) is 66.0 cm³/mol. The summed E-state index contributed by atoms with van der Waals surface area (Å²) in [6, 6.07) is 13.0. The van der Waals surface area contributed by atoms with E-state index >= 15 is 0 Å². The summed E-state index contributed by atoms with van der Waals surface area (Å²) in [5.74, 6) is 0. The smallest absolute Gasteiger partial charge is 0.0345 e. The van der Waals surface area contributed by atoms with Crippen LogP contribution in [-0.4, -0.2) is 0 Å². The van der Waals surface area contributed by atoms with Crippen molar-refractivity contribution in [3.63, 3.8) is 0 Å². The van der Waals surface area contributed by atoms with Crippen LogP contribution in [0.4, 0.5) is 0 Å². The third kappa shape index (κ3) is 2.24. The molecule has 0 fully saturated rings. The van der Waals surface area contributed by atoms with Crippen LogP contribution in [0, 0.1) is 13.8 Å². The molecule has 0 atom stereocenters. The van der Waals surface area contributed by atoms with Crippen molar-refractivity contribution in [1.82, 2.24) is 0 Å². The van der Waals surface area contributed by atoms with Crippen molar-refractivity contribution in [2.24, 2.45) is 0 Å². The van der Waals surface area contributed by atoms with Gasteiger partial charge in [-0.05, 0) is 31.5 Å². The molecule has 1 aromatic carbocycles. The van der Waals surface area contributed by atoms with Gasteiger partial charge in [0.05, 0.1) is 0 Å². The topological polar surface area (TPSA) is 0 Å². The number of thiophene rings is 1.